The maximum absolute atomic E-state index is 12.5. The first-order valence-corrected chi connectivity index (χ1v) is 4.59. The van der Waals surface area contributed by atoms with E-state index < -0.39 is 18.0 Å². The number of alkyl halides is 6. The molecule has 0 saturated heterocycles. The Labute approximate surface area is 92.8 Å². The lowest BCUT2D eigenvalue weighted by Gasteiger charge is -2.21. The molecular formula is C9H6ClF5O. The molecule has 0 bridgehead atoms. The summed E-state index contributed by atoms with van der Waals surface area (Å²) in [6.45, 7) is 0. The average molecular weight is 261 g/mol. The molecule has 0 fully saturated rings. The quantitative estimate of drug-likeness (QED) is 0.590. The van der Waals surface area contributed by atoms with Crippen molar-refractivity contribution in [2.45, 2.75) is 18.2 Å². The van der Waals surface area contributed by atoms with Crippen LogP contribution in [-0.4, -0.2) is 12.3 Å². The summed E-state index contributed by atoms with van der Waals surface area (Å²) in [5.41, 5.74) is 0.0630. The van der Waals surface area contributed by atoms with Crippen molar-refractivity contribution in [2.24, 2.45) is 0 Å². The minimum atomic E-state index is -5.76. The zero-order chi connectivity index (χ0) is 12.4. The van der Waals surface area contributed by atoms with Crippen molar-refractivity contribution < 1.29 is 26.7 Å². The second-order valence-corrected chi connectivity index (χ2v) is 3.13. The van der Waals surface area contributed by atoms with E-state index in [1.165, 1.54) is 18.2 Å². The molecule has 1 aromatic carbocycles. The predicted octanol–water partition coefficient (Wildman–Crippen LogP) is 3.96. The van der Waals surface area contributed by atoms with Crippen LogP contribution in [0.2, 0.25) is 0 Å². The molecule has 1 rings (SSSR count). The molecule has 0 atom stereocenters. The van der Waals surface area contributed by atoms with Gasteiger partial charge < -0.3 is 4.74 Å². The third kappa shape index (κ3) is 2.75. The van der Waals surface area contributed by atoms with E-state index in [1.54, 1.807) is 0 Å². The Morgan fingerprint density at radius 3 is 2.12 bits per heavy atom. The molecule has 7 heteroatoms. The molecule has 0 aliphatic rings. The lowest BCUT2D eigenvalue weighted by atomic mass is 10.2. The van der Waals surface area contributed by atoms with Crippen molar-refractivity contribution in [3.63, 3.8) is 0 Å². The van der Waals surface area contributed by atoms with Gasteiger partial charge in [0, 0.05) is 5.56 Å². The first-order chi connectivity index (χ1) is 7.28. The van der Waals surface area contributed by atoms with Gasteiger partial charge in [0.2, 0.25) is 0 Å². The van der Waals surface area contributed by atoms with Gasteiger partial charge in [0.05, 0.1) is 5.88 Å². The largest absolute Gasteiger partial charge is 0.499 e. The normalized spacial score (nSPS) is 12.6. The Morgan fingerprint density at radius 2 is 1.62 bits per heavy atom. The van der Waals surface area contributed by atoms with Crippen LogP contribution < -0.4 is 4.74 Å². The first-order valence-electron chi connectivity index (χ1n) is 4.05. The van der Waals surface area contributed by atoms with Crippen LogP contribution >= 0.6 is 11.6 Å². The lowest BCUT2D eigenvalue weighted by Crippen LogP contribution is -2.42. The van der Waals surface area contributed by atoms with E-state index in [4.69, 9.17) is 11.6 Å². The minimum Gasteiger partial charge on any atom is -0.425 e. The lowest BCUT2D eigenvalue weighted by molar-refractivity contribution is -0.360. The number of hydrogen-bond acceptors (Lipinski definition) is 1. The van der Waals surface area contributed by atoms with Gasteiger partial charge in [0.1, 0.15) is 5.75 Å². The van der Waals surface area contributed by atoms with Crippen molar-refractivity contribution in [3.05, 3.63) is 29.8 Å². The van der Waals surface area contributed by atoms with Crippen LogP contribution in [0.3, 0.4) is 0 Å². The average Bonchev–Trinajstić information content (AvgIpc) is 2.16. The maximum atomic E-state index is 12.5. The molecule has 0 aliphatic carbocycles. The van der Waals surface area contributed by atoms with Crippen LogP contribution in [0, 0.1) is 0 Å². The molecule has 0 heterocycles. The summed E-state index contributed by atoms with van der Waals surface area (Å²) in [6, 6.07) is 5.03. The highest BCUT2D eigenvalue weighted by atomic mass is 35.5. The summed E-state index contributed by atoms with van der Waals surface area (Å²) >= 11 is 5.37. The zero-order valence-electron chi connectivity index (χ0n) is 7.69. The fourth-order valence-electron chi connectivity index (χ4n) is 0.910. The molecule has 0 saturated carbocycles. The fourth-order valence-corrected chi connectivity index (χ4v) is 1.13. The fraction of sp³-hybridized carbons (Fsp3) is 0.333. The second-order valence-electron chi connectivity index (χ2n) is 2.86. The van der Waals surface area contributed by atoms with Gasteiger partial charge in [-0.05, 0) is 6.07 Å². The van der Waals surface area contributed by atoms with Crippen molar-refractivity contribution in [1.29, 1.82) is 0 Å². The Hall–Kier alpha value is -1.04. The Morgan fingerprint density at radius 1 is 1.06 bits per heavy atom. The Bertz CT molecular complexity index is 363. The summed E-state index contributed by atoms with van der Waals surface area (Å²) in [7, 11) is 0. The monoisotopic (exact) mass is 260 g/mol. The smallest absolute Gasteiger partial charge is 0.425 e. The molecular weight excluding hydrogens is 255 g/mol. The summed E-state index contributed by atoms with van der Waals surface area (Å²) in [5, 5.41) is 0. The highest BCUT2D eigenvalue weighted by molar-refractivity contribution is 6.17. The topological polar surface area (TPSA) is 9.23 Å². The van der Waals surface area contributed by atoms with Crippen molar-refractivity contribution in [3.8, 4) is 5.75 Å². The predicted molar refractivity (Wildman–Crippen MR) is 47.6 cm³/mol. The van der Waals surface area contributed by atoms with Gasteiger partial charge in [-0.1, -0.05) is 18.2 Å². The van der Waals surface area contributed by atoms with Gasteiger partial charge >= 0.3 is 12.3 Å². The van der Waals surface area contributed by atoms with Crippen LogP contribution in [0.1, 0.15) is 5.56 Å². The highest BCUT2D eigenvalue weighted by Crippen LogP contribution is 2.38. The number of rotatable bonds is 3. The van der Waals surface area contributed by atoms with E-state index in [-0.39, 0.29) is 11.4 Å². The van der Waals surface area contributed by atoms with Gasteiger partial charge in [0.25, 0.3) is 0 Å². The number of para-hydroxylation sites is 1. The van der Waals surface area contributed by atoms with Crippen LogP contribution in [0.25, 0.3) is 0 Å². The molecule has 1 nitrogen and oxygen atoms in total. The number of halogens is 6. The van der Waals surface area contributed by atoms with E-state index in [0.29, 0.717) is 0 Å². The van der Waals surface area contributed by atoms with Crippen LogP contribution in [0.5, 0.6) is 5.75 Å². The van der Waals surface area contributed by atoms with E-state index in [1.807, 2.05) is 0 Å². The van der Waals surface area contributed by atoms with Crippen molar-refractivity contribution in [1.82, 2.24) is 0 Å². The molecule has 0 unspecified atom stereocenters. The molecule has 0 spiro atoms. The minimum absolute atomic E-state index is 0.0630. The van der Waals surface area contributed by atoms with Gasteiger partial charge in [-0.25, -0.2) is 0 Å². The summed E-state index contributed by atoms with van der Waals surface area (Å²) in [4.78, 5) is 0. The second kappa shape index (κ2) is 4.45. The standard InChI is InChI=1S/C9H6ClF5O/c10-5-6-3-1-2-4-7(6)16-9(14,15)8(11,12)13/h1-4H,5H2. The Kier molecular flexibility index (Phi) is 3.62. The van der Waals surface area contributed by atoms with E-state index in [0.717, 1.165) is 6.07 Å². The van der Waals surface area contributed by atoms with E-state index >= 15 is 0 Å². The summed E-state index contributed by atoms with van der Waals surface area (Å²) in [6.07, 6.45) is -11.0. The highest BCUT2D eigenvalue weighted by Gasteiger charge is 2.61. The third-order valence-electron chi connectivity index (χ3n) is 1.68. The number of benzene rings is 1. The molecule has 90 valence electrons. The Balaban J connectivity index is 2.96. The number of hydrogen-bond donors (Lipinski definition) is 0. The third-order valence-corrected chi connectivity index (χ3v) is 1.97. The SMILES string of the molecule is FC(F)(F)C(F)(F)Oc1ccccc1CCl. The van der Waals surface area contributed by atoms with Gasteiger partial charge in [0.15, 0.2) is 0 Å². The van der Waals surface area contributed by atoms with Crippen LogP contribution in [0.15, 0.2) is 24.3 Å². The molecule has 1 aromatic rings. The molecule has 0 aliphatic heterocycles. The molecule has 0 radical (unpaired) electrons. The molecule has 16 heavy (non-hydrogen) atoms. The summed E-state index contributed by atoms with van der Waals surface area (Å²) in [5.74, 6) is -0.802. The van der Waals surface area contributed by atoms with Gasteiger partial charge in [-0.15, -0.1) is 11.6 Å². The van der Waals surface area contributed by atoms with Crippen LogP contribution in [0.4, 0.5) is 22.0 Å². The number of ether oxygens (including phenoxy) is 1. The van der Waals surface area contributed by atoms with E-state index in [9.17, 15) is 22.0 Å². The zero-order valence-corrected chi connectivity index (χ0v) is 8.45. The molecule has 0 amide bonds. The summed E-state index contributed by atoms with van der Waals surface area (Å²) < 4.78 is 64.3. The first kappa shape index (κ1) is 13.0. The van der Waals surface area contributed by atoms with Gasteiger partial charge in [-0.3, -0.25) is 0 Å². The van der Waals surface area contributed by atoms with E-state index in [2.05, 4.69) is 4.74 Å². The van der Waals surface area contributed by atoms with Crippen molar-refractivity contribution in [2.75, 3.05) is 0 Å². The van der Waals surface area contributed by atoms with Crippen molar-refractivity contribution >= 4 is 11.6 Å². The molecule has 0 N–H and O–H groups in total. The maximum Gasteiger partial charge on any atom is 0.499 e. The van der Waals surface area contributed by atoms with Gasteiger partial charge in [-0.2, -0.15) is 22.0 Å². The molecule has 0 aromatic heterocycles. The van der Waals surface area contributed by atoms with Crippen LogP contribution in [-0.2, 0) is 5.88 Å².